The molecule has 174 valence electrons. The quantitative estimate of drug-likeness (QED) is 0.309. The summed E-state index contributed by atoms with van der Waals surface area (Å²) in [5, 5.41) is 3.44. The highest BCUT2D eigenvalue weighted by Gasteiger charge is 2.24. The molecule has 0 aliphatic carbocycles. The highest BCUT2D eigenvalue weighted by Crippen LogP contribution is 2.17. The van der Waals surface area contributed by atoms with Gasteiger partial charge in [0.2, 0.25) is 0 Å². The van der Waals surface area contributed by atoms with Crippen molar-refractivity contribution in [3.05, 3.63) is 71.3 Å². The minimum absolute atomic E-state index is 0.547. The molecule has 1 heterocycles. The van der Waals surface area contributed by atoms with Crippen molar-refractivity contribution < 1.29 is 14.2 Å². The van der Waals surface area contributed by atoms with Gasteiger partial charge in [-0.15, -0.1) is 0 Å². The molecule has 32 heavy (non-hydrogen) atoms. The second kappa shape index (κ2) is 13.9. The van der Waals surface area contributed by atoms with E-state index in [1.807, 2.05) is 18.2 Å². The number of benzene rings is 2. The zero-order valence-corrected chi connectivity index (χ0v) is 19.5. The SMILES string of the molecule is CCNC(=NCc1ccc(COCc2ccccc2)cc1)N1CCC(COCCOC)C1. The second-order valence-corrected chi connectivity index (χ2v) is 8.13. The predicted octanol–water partition coefficient (Wildman–Crippen LogP) is 3.85. The van der Waals surface area contributed by atoms with Crippen molar-refractivity contribution in [3.8, 4) is 0 Å². The molecular formula is C26H37N3O3. The van der Waals surface area contributed by atoms with Crippen LogP contribution in [-0.2, 0) is 34.0 Å². The molecule has 2 aromatic carbocycles. The van der Waals surface area contributed by atoms with E-state index in [0.717, 1.165) is 38.6 Å². The van der Waals surface area contributed by atoms with E-state index in [4.69, 9.17) is 19.2 Å². The number of aliphatic imine (C=N–C) groups is 1. The Morgan fingerprint density at radius 3 is 2.41 bits per heavy atom. The van der Waals surface area contributed by atoms with Crippen molar-refractivity contribution in [2.24, 2.45) is 10.9 Å². The van der Waals surface area contributed by atoms with E-state index < -0.39 is 0 Å². The first-order valence-corrected chi connectivity index (χ1v) is 11.6. The molecule has 1 unspecified atom stereocenters. The van der Waals surface area contributed by atoms with Gasteiger partial charge in [0.25, 0.3) is 0 Å². The van der Waals surface area contributed by atoms with Gasteiger partial charge >= 0.3 is 0 Å². The van der Waals surface area contributed by atoms with Gasteiger partial charge in [0.05, 0.1) is 39.6 Å². The highest BCUT2D eigenvalue weighted by molar-refractivity contribution is 5.80. The minimum atomic E-state index is 0.547. The highest BCUT2D eigenvalue weighted by atomic mass is 16.5. The molecule has 1 aliphatic rings. The third kappa shape index (κ3) is 8.26. The number of nitrogens with one attached hydrogen (secondary N) is 1. The van der Waals surface area contributed by atoms with Crippen LogP contribution in [0.15, 0.2) is 59.6 Å². The molecule has 0 saturated carbocycles. The largest absolute Gasteiger partial charge is 0.382 e. The first-order chi connectivity index (χ1) is 15.8. The van der Waals surface area contributed by atoms with Crippen LogP contribution in [-0.4, -0.2) is 57.4 Å². The van der Waals surface area contributed by atoms with Gasteiger partial charge in [-0.05, 0) is 30.0 Å². The molecule has 1 N–H and O–H groups in total. The van der Waals surface area contributed by atoms with E-state index >= 15 is 0 Å². The van der Waals surface area contributed by atoms with Crippen molar-refractivity contribution in [1.29, 1.82) is 0 Å². The van der Waals surface area contributed by atoms with E-state index in [-0.39, 0.29) is 0 Å². The standard InChI is InChI=1S/C26H37N3O3/c1-3-27-26(29-14-13-25(18-29)21-31-16-15-30-2)28-17-22-9-11-24(12-10-22)20-32-19-23-7-5-4-6-8-23/h4-12,25H,3,13-21H2,1-2H3,(H,27,28). The fourth-order valence-electron chi connectivity index (χ4n) is 3.75. The van der Waals surface area contributed by atoms with Crippen LogP contribution in [0.4, 0.5) is 0 Å². The Labute approximate surface area is 192 Å². The summed E-state index contributed by atoms with van der Waals surface area (Å²) in [6.45, 7) is 8.98. The topological polar surface area (TPSA) is 55.3 Å². The monoisotopic (exact) mass is 439 g/mol. The summed E-state index contributed by atoms with van der Waals surface area (Å²) in [4.78, 5) is 7.23. The van der Waals surface area contributed by atoms with Gasteiger partial charge < -0.3 is 24.4 Å². The molecule has 1 fully saturated rings. The van der Waals surface area contributed by atoms with Crippen LogP contribution >= 0.6 is 0 Å². The maximum atomic E-state index is 5.83. The zero-order chi connectivity index (χ0) is 22.4. The molecule has 0 aromatic heterocycles. The molecule has 1 atom stereocenters. The average Bonchev–Trinajstić information content (AvgIpc) is 3.30. The van der Waals surface area contributed by atoms with Gasteiger partial charge in [0.1, 0.15) is 0 Å². The predicted molar refractivity (Wildman–Crippen MR) is 129 cm³/mol. The molecular weight excluding hydrogens is 402 g/mol. The van der Waals surface area contributed by atoms with Gasteiger partial charge in [-0.1, -0.05) is 54.6 Å². The number of methoxy groups -OCH3 is 1. The molecule has 1 aliphatic heterocycles. The first-order valence-electron chi connectivity index (χ1n) is 11.6. The van der Waals surface area contributed by atoms with Crippen molar-refractivity contribution in [2.45, 2.75) is 33.1 Å². The zero-order valence-electron chi connectivity index (χ0n) is 19.5. The number of hydrogen-bond donors (Lipinski definition) is 1. The Morgan fingerprint density at radius 2 is 1.69 bits per heavy atom. The van der Waals surface area contributed by atoms with E-state index in [1.165, 1.54) is 16.7 Å². The Balaban J connectivity index is 1.45. The fourth-order valence-corrected chi connectivity index (χ4v) is 3.75. The van der Waals surface area contributed by atoms with E-state index in [9.17, 15) is 0 Å². The molecule has 0 spiro atoms. The lowest BCUT2D eigenvalue weighted by atomic mass is 10.1. The second-order valence-electron chi connectivity index (χ2n) is 8.13. The Bertz CT molecular complexity index is 796. The Morgan fingerprint density at radius 1 is 0.969 bits per heavy atom. The Hall–Kier alpha value is -2.41. The summed E-state index contributed by atoms with van der Waals surface area (Å²) >= 11 is 0. The summed E-state index contributed by atoms with van der Waals surface area (Å²) in [5.74, 6) is 1.54. The Kier molecular flexibility index (Phi) is 10.5. The summed E-state index contributed by atoms with van der Waals surface area (Å²) in [6, 6.07) is 18.8. The third-order valence-corrected chi connectivity index (χ3v) is 5.52. The average molecular weight is 440 g/mol. The van der Waals surface area contributed by atoms with Crippen LogP contribution in [0.1, 0.15) is 30.0 Å². The molecule has 0 radical (unpaired) electrons. The number of rotatable bonds is 12. The molecule has 0 bridgehead atoms. The lowest BCUT2D eigenvalue weighted by Crippen LogP contribution is -2.40. The summed E-state index contributed by atoms with van der Waals surface area (Å²) < 4.78 is 16.6. The normalized spacial score (nSPS) is 16.5. The molecule has 2 aromatic rings. The molecule has 3 rings (SSSR count). The lowest BCUT2D eigenvalue weighted by Gasteiger charge is -2.21. The third-order valence-electron chi connectivity index (χ3n) is 5.52. The smallest absolute Gasteiger partial charge is 0.194 e. The van der Waals surface area contributed by atoms with Gasteiger partial charge in [0.15, 0.2) is 5.96 Å². The summed E-state index contributed by atoms with van der Waals surface area (Å²) in [7, 11) is 1.70. The fraction of sp³-hybridized carbons (Fsp3) is 0.500. The molecule has 0 amide bonds. The molecule has 1 saturated heterocycles. The van der Waals surface area contributed by atoms with Gasteiger partial charge in [0, 0.05) is 32.7 Å². The van der Waals surface area contributed by atoms with E-state index in [0.29, 0.717) is 38.9 Å². The van der Waals surface area contributed by atoms with Crippen molar-refractivity contribution in [2.75, 3.05) is 46.6 Å². The van der Waals surface area contributed by atoms with Gasteiger partial charge in [-0.2, -0.15) is 0 Å². The van der Waals surface area contributed by atoms with Crippen molar-refractivity contribution in [1.82, 2.24) is 10.2 Å². The molecule has 6 nitrogen and oxygen atoms in total. The maximum absolute atomic E-state index is 5.83. The minimum Gasteiger partial charge on any atom is -0.382 e. The summed E-state index contributed by atoms with van der Waals surface area (Å²) in [5.41, 5.74) is 3.57. The number of hydrogen-bond acceptors (Lipinski definition) is 4. The van der Waals surface area contributed by atoms with E-state index in [1.54, 1.807) is 7.11 Å². The lowest BCUT2D eigenvalue weighted by molar-refractivity contribution is 0.0536. The number of ether oxygens (including phenoxy) is 3. The molecule has 6 heteroatoms. The van der Waals surface area contributed by atoms with E-state index in [2.05, 4.69) is 53.5 Å². The van der Waals surface area contributed by atoms with Crippen LogP contribution in [0.5, 0.6) is 0 Å². The summed E-state index contributed by atoms with van der Waals surface area (Å²) in [6.07, 6.45) is 1.13. The first kappa shape index (κ1) is 24.2. The maximum Gasteiger partial charge on any atom is 0.194 e. The van der Waals surface area contributed by atoms with Gasteiger partial charge in [-0.25, -0.2) is 4.99 Å². The van der Waals surface area contributed by atoms with Crippen LogP contribution < -0.4 is 5.32 Å². The van der Waals surface area contributed by atoms with Crippen LogP contribution in [0.25, 0.3) is 0 Å². The number of guanidine groups is 1. The van der Waals surface area contributed by atoms with Crippen molar-refractivity contribution >= 4 is 5.96 Å². The van der Waals surface area contributed by atoms with Crippen LogP contribution in [0.2, 0.25) is 0 Å². The van der Waals surface area contributed by atoms with Gasteiger partial charge in [-0.3, -0.25) is 0 Å². The number of nitrogens with zero attached hydrogens (tertiary/aromatic N) is 2. The van der Waals surface area contributed by atoms with Crippen LogP contribution in [0, 0.1) is 5.92 Å². The van der Waals surface area contributed by atoms with Crippen LogP contribution in [0.3, 0.4) is 0 Å². The number of likely N-dealkylation sites (tertiary alicyclic amines) is 1. The van der Waals surface area contributed by atoms with Crippen molar-refractivity contribution in [3.63, 3.8) is 0 Å².